The molecule has 1 aliphatic heterocycles. The highest BCUT2D eigenvalue weighted by Crippen LogP contribution is 2.36. The number of halogens is 9. The lowest BCUT2D eigenvalue weighted by atomic mass is 9.78. The number of rotatable bonds is 6. The van der Waals surface area contributed by atoms with Crippen molar-refractivity contribution < 1.29 is 36.9 Å². The highest BCUT2D eigenvalue weighted by molar-refractivity contribution is 9.10. The largest absolute Gasteiger partial charge is 0.643 e. The Morgan fingerprint density at radius 1 is 0.714 bits per heavy atom. The van der Waals surface area contributed by atoms with Gasteiger partial charge in [-0.25, -0.2) is 43.3 Å². The molecule has 0 spiro atoms. The topological polar surface area (TPSA) is 69.7 Å². The molecule has 3 aromatic rings. The third kappa shape index (κ3) is 18.4. The van der Waals surface area contributed by atoms with Crippen molar-refractivity contribution >= 4 is 114 Å². The molecule has 0 aliphatic carbocycles. The van der Waals surface area contributed by atoms with Gasteiger partial charge in [0.25, 0.3) is 0 Å². The average Bonchev–Trinajstić information content (AvgIpc) is 3.23. The van der Waals surface area contributed by atoms with Gasteiger partial charge in [0, 0.05) is 28.2 Å². The molecule has 1 heterocycles. The summed E-state index contributed by atoms with van der Waals surface area (Å²) in [7, 11) is 14.2. The molecule has 0 unspecified atom stereocenters. The lowest BCUT2D eigenvalue weighted by molar-refractivity contribution is -0.111. The summed E-state index contributed by atoms with van der Waals surface area (Å²) in [5, 5.41) is -0.273. The van der Waals surface area contributed by atoms with E-state index in [1.165, 1.54) is 36.4 Å². The van der Waals surface area contributed by atoms with E-state index in [0.29, 0.717) is 22.8 Å². The second-order valence-electron chi connectivity index (χ2n) is 10.9. The zero-order valence-electron chi connectivity index (χ0n) is 28.0. The molecular weight excluding hydrogens is 873 g/mol. The summed E-state index contributed by atoms with van der Waals surface area (Å²) in [5.41, 5.74) is -0.0553. The first-order valence-corrected chi connectivity index (χ1v) is 22.0. The van der Waals surface area contributed by atoms with Crippen LogP contribution in [0.1, 0.15) is 88.4 Å². The zero-order chi connectivity index (χ0) is 38.1. The molecule has 3 aromatic carbocycles. The fourth-order valence-corrected chi connectivity index (χ4v) is 4.14. The summed E-state index contributed by atoms with van der Waals surface area (Å²) >= 11 is 9.34. The van der Waals surface area contributed by atoms with Gasteiger partial charge in [-0.15, -0.1) is 0 Å². The molecule has 0 atom stereocenters. The van der Waals surface area contributed by atoms with Crippen LogP contribution >= 0.6 is 73.6 Å². The Morgan fingerprint density at radius 2 is 1.12 bits per heavy atom. The number of carbonyl (C=O) groups excluding carboxylic acids is 3. The third-order valence-electron chi connectivity index (χ3n) is 6.76. The fourth-order valence-electron chi connectivity index (χ4n) is 3.44. The van der Waals surface area contributed by atoms with Crippen molar-refractivity contribution in [2.24, 2.45) is 0 Å². The molecule has 0 amide bonds. The normalized spacial score (nSPS) is 13.5. The summed E-state index contributed by atoms with van der Waals surface area (Å²) in [6, 6.07) is 15.2. The van der Waals surface area contributed by atoms with Crippen molar-refractivity contribution in [1.29, 1.82) is 0 Å². The van der Waals surface area contributed by atoms with E-state index in [9.17, 15) is 27.6 Å². The first-order chi connectivity index (χ1) is 22.6. The van der Waals surface area contributed by atoms with Crippen molar-refractivity contribution in [2.45, 2.75) is 78.9 Å². The molecule has 4 rings (SSSR count). The van der Waals surface area contributed by atoms with Gasteiger partial charge >= 0.3 is 18.5 Å². The van der Waals surface area contributed by atoms with E-state index in [2.05, 4.69) is 31.9 Å². The lowest BCUT2D eigenvalue weighted by Crippen LogP contribution is -2.41. The number of hydrogen-bond acceptors (Lipinski definition) is 5. The highest BCUT2D eigenvalue weighted by atomic mass is 79.9. The lowest BCUT2D eigenvalue weighted by Gasteiger charge is -2.32. The van der Waals surface area contributed by atoms with Crippen LogP contribution in [0, 0.1) is 17.5 Å². The smallest absolute Gasteiger partial charge is 0.399 e. The number of carbonyl (C=O) groups is 3. The van der Waals surface area contributed by atoms with Crippen LogP contribution < -0.4 is 5.46 Å². The molecule has 0 N–H and O–H groups in total. The van der Waals surface area contributed by atoms with E-state index in [0.717, 1.165) is 4.47 Å². The Kier molecular flexibility index (Phi) is 23.2. The molecule has 1 fully saturated rings. The second kappa shape index (κ2) is 23.6. The van der Waals surface area contributed by atoms with Crippen LogP contribution in [0.5, 0.6) is 0 Å². The van der Waals surface area contributed by atoms with E-state index in [-0.39, 0.29) is 40.2 Å². The second-order valence-corrected chi connectivity index (χ2v) is 19.6. The van der Waals surface area contributed by atoms with E-state index in [1.54, 1.807) is 45.0 Å². The fraction of sp³-hybridized carbons (Fsp3) is 0.364. The molecule has 1 saturated heterocycles. The number of ketones is 2. The number of Topliss-reactive ketones (excluding diaryl/α,β-unsaturated/α-hetero) is 2. The van der Waals surface area contributed by atoms with E-state index in [1.807, 2.05) is 27.7 Å². The van der Waals surface area contributed by atoms with Crippen LogP contribution in [0.2, 0.25) is 0 Å². The van der Waals surface area contributed by atoms with Gasteiger partial charge < -0.3 is 9.31 Å². The Balaban J connectivity index is 0.000000673. The first kappa shape index (κ1) is 48.1. The van der Waals surface area contributed by atoms with Gasteiger partial charge in [0.2, 0.25) is 5.24 Å². The molecule has 268 valence electrons. The predicted molar refractivity (Wildman–Crippen MR) is 204 cm³/mol. The van der Waals surface area contributed by atoms with Crippen LogP contribution in [0.3, 0.4) is 0 Å². The molecule has 0 saturated carbocycles. The first-order valence-electron chi connectivity index (χ1n) is 14.8. The van der Waals surface area contributed by atoms with Gasteiger partial charge in [-0.1, -0.05) is 64.8 Å². The standard InChI is InChI=1S/C15H20BFO3.C9H8BrFO.C6H4BrF.C3H5ClO.Al.3ClH/c1-6-13(18)11-8-7-10(9-12(11)17)16-19-14(2,3)15(4,5)20-16;1-2-9(12)7-4-3-6(10)5-8(7)11;7-5-2-1-3-6(8)4-5;1-2-3(4)5;;;;/h7-9H,6H2,1-5H3;3-5H,2H2,1H3;1-4H;2H2,1H3;;3*1H/q;;;;+3;;;/p-3. The van der Waals surface area contributed by atoms with Gasteiger partial charge in [0.05, 0.1) is 22.3 Å². The van der Waals surface area contributed by atoms with Crippen molar-refractivity contribution in [1.82, 2.24) is 0 Å². The third-order valence-corrected chi connectivity index (χ3v) is 8.01. The SMILES string of the molecule is CCC(=O)Cl.CCC(=O)c1ccc(B2OC(C)(C)C(C)(C)O2)cc1F.CCC(=O)c1ccc(Br)cc1F.Fc1cccc(Br)c1.[Cl][Al]([Cl])[Cl]. The van der Waals surface area contributed by atoms with Crippen LogP contribution in [-0.4, -0.2) is 46.5 Å². The minimum atomic E-state index is -1.72. The Hall–Kier alpha value is -0.903. The summed E-state index contributed by atoms with van der Waals surface area (Å²) < 4.78 is 52.3. The highest BCUT2D eigenvalue weighted by Gasteiger charge is 2.51. The Bertz CT molecular complexity index is 1500. The minimum Gasteiger partial charge on any atom is -0.399 e. The Labute approximate surface area is 325 Å². The molecule has 0 aromatic heterocycles. The van der Waals surface area contributed by atoms with Gasteiger partial charge in [0.15, 0.2) is 11.6 Å². The molecule has 1 aliphatic rings. The van der Waals surface area contributed by atoms with Crippen molar-refractivity contribution in [3.05, 3.63) is 98.2 Å². The molecule has 0 bridgehead atoms. The maximum Gasteiger partial charge on any atom is 0.643 e. The van der Waals surface area contributed by atoms with Gasteiger partial charge in [-0.05, 0) is 93.3 Å². The summed E-state index contributed by atoms with van der Waals surface area (Å²) in [5.74, 6) is -1.57. The minimum absolute atomic E-state index is 0.118. The maximum absolute atomic E-state index is 14.0. The molecule has 49 heavy (non-hydrogen) atoms. The monoisotopic (exact) mass is 906 g/mol. The molecule has 5 nitrogen and oxygen atoms in total. The number of benzene rings is 3. The van der Waals surface area contributed by atoms with Gasteiger partial charge in [-0.3, -0.25) is 14.4 Å². The summed E-state index contributed by atoms with van der Waals surface area (Å²) in [6.45, 7) is 12.9. The van der Waals surface area contributed by atoms with Crippen LogP contribution in [0.15, 0.2) is 69.6 Å². The van der Waals surface area contributed by atoms with Gasteiger partial charge in [0.1, 0.15) is 17.5 Å². The average molecular weight is 910 g/mol. The summed E-state index contributed by atoms with van der Waals surface area (Å²) in [6.07, 6.45) is 1.05. The predicted octanol–water partition coefficient (Wildman–Crippen LogP) is 11.3. The molecular formula is C33H37AlBBr2Cl4F3O5. The van der Waals surface area contributed by atoms with Crippen LogP contribution in [0.4, 0.5) is 13.2 Å². The van der Waals surface area contributed by atoms with Crippen molar-refractivity contribution in [2.75, 3.05) is 0 Å². The van der Waals surface area contributed by atoms with E-state index < -0.39 is 41.3 Å². The van der Waals surface area contributed by atoms with Crippen molar-refractivity contribution in [3.8, 4) is 0 Å². The number of hydrogen-bond donors (Lipinski definition) is 0. The zero-order valence-corrected chi connectivity index (χ0v) is 35.3. The van der Waals surface area contributed by atoms with Crippen LogP contribution in [0.25, 0.3) is 0 Å². The van der Waals surface area contributed by atoms with Gasteiger partial charge in [-0.2, -0.15) is 0 Å². The quantitative estimate of drug-likeness (QED) is 0.140. The molecule has 16 heteroatoms. The van der Waals surface area contributed by atoms with E-state index in [4.69, 9.17) is 51.1 Å². The molecule has 0 radical (unpaired) electrons. The van der Waals surface area contributed by atoms with Crippen molar-refractivity contribution in [3.63, 3.8) is 0 Å². The summed E-state index contributed by atoms with van der Waals surface area (Å²) in [4.78, 5) is 32.2. The Morgan fingerprint density at radius 3 is 1.45 bits per heavy atom. The van der Waals surface area contributed by atoms with Crippen LogP contribution in [-0.2, 0) is 14.1 Å². The van der Waals surface area contributed by atoms with E-state index >= 15 is 0 Å². The maximum atomic E-state index is 14.0.